The molecule has 0 aromatic heterocycles. The first-order valence-corrected chi connectivity index (χ1v) is 5.73. The highest BCUT2D eigenvalue weighted by atomic mass is 32.2. The van der Waals surface area contributed by atoms with Gasteiger partial charge in [-0.2, -0.15) is 0 Å². The number of rotatable bonds is 2. The molecule has 84 valence electrons. The van der Waals surface area contributed by atoms with Gasteiger partial charge in [0, 0.05) is 5.56 Å². The van der Waals surface area contributed by atoms with E-state index in [-0.39, 0.29) is 5.75 Å². The Morgan fingerprint density at radius 3 is 2.81 bits per heavy atom. The van der Waals surface area contributed by atoms with Crippen molar-refractivity contribution in [2.45, 2.75) is 5.72 Å². The van der Waals surface area contributed by atoms with Crippen LogP contribution in [0.4, 0.5) is 0 Å². The summed E-state index contributed by atoms with van der Waals surface area (Å²) in [7, 11) is 1.24. The highest BCUT2D eigenvalue weighted by molar-refractivity contribution is 8.14. The second kappa shape index (κ2) is 4.27. The Balaban J connectivity index is 2.28. The largest absolute Gasteiger partial charge is 0.465 e. The van der Waals surface area contributed by atoms with E-state index in [2.05, 4.69) is 9.73 Å². The fraction of sp³-hybridized carbons (Fsp3) is 0.273. The number of benzene rings is 1. The van der Waals surface area contributed by atoms with Gasteiger partial charge in [-0.3, -0.25) is 0 Å². The van der Waals surface area contributed by atoms with Gasteiger partial charge in [0.2, 0.25) is 0 Å². The van der Waals surface area contributed by atoms with Gasteiger partial charge in [0.05, 0.1) is 12.9 Å². The maximum absolute atomic E-state index is 11.3. The SMILES string of the molecule is COC(=O)[C@@]1(O)CSC(c2ccccc2)=N1. The van der Waals surface area contributed by atoms with Crippen molar-refractivity contribution in [1.29, 1.82) is 0 Å². The summed E-state index contributed by atoms with van der Waals surface area (Å²) in [5.74, 6) is -0.518. The summed E-state index contributed by atoms with van der Waals surface area (Å²) in [6, 6.07) is 9.43. The number of thioether (sulfide) groups is 1. The lowest BCUT2D eigenvalue weighted by Crippen LogP contribution is -2.38. The van der Waals surface area contributed by atoms with Crippen LogP contribution in [0.2, 0.25) is 0 Å². The molecular weight excluding hydrogens is 226 g/mol. The normalized spacial score (nSPS) is 24.0. The molecule has 1 N–H and O–H groups in total. The van der Waals surface area contributed by atoms with Crippen molar-refractivity contribution in [3.8, 4) is 0 Å². The summed E-state index contributed by atoms with van der Waals surface area (Å²) in [5, 5.41) is 10.6. The van der Waals surface area contributed by atoms with Crippen molar-refractivity contribution in [2.75, 3.05) is 12.9 Å². The Morgan fingerprint density at radius 1 is 1.50 bits per heavy atom. The zero-order valence-electron chi connectivity index (χ0n) is 8.71. The topological polar surface area (TPSA) is 58.9 Å². The van der Waals surface area contributed by atoms with E-state index in [1.807, 2.05) is 30.3 Å². The van der Waals surface area contributed by atoms with Gasteiger partial charge in [-0.25, -0.2) is 9.79 Å². The number of aliphatic imine (C=N–C) groups is 1. The number of hydrogen-bond donors (Lipinski definition) is 1. The van der Waals surface area contributed by atoms with E-state index < -0.39 is 11.7 Å². The highest BCUT2D eigenvalue weighted by Gasteiger charge is 2.42. The number of aliphatic hydroxyl groups is 1. The summed E-state index contributed by atoms with van der Waals surface area (Å²) in [4.78, 5) is 15.3. The minimum atomic E-state index is -1.73. The molecule has 1 heterocycles. The third-order valence-corrected chi connectivity index (χ3v) is 3.38. The van der Waals surface area contributed by atoms with Gasteiger partial charge in [0.15, 0.2) is 0 Å². The Labute approximate surface area is 97.3 Å². The van der Waals surface area contributed by atoms with E-state index in [0.29, 0.717) is 5.04 Å². The summed E-state index contributed by atoms with van der Waals surface area (Å²) >= 11 is 1.35. The molecule has 0 fully saturated rings. The zero-order chi connectivity index (χ0) is 11.6. The smallest absolute Gasteiger partial charge is 0.362 e. The zero-order valence-corrected chi connectivity index (χ0v) is 9.53. The van der Waals surface area contributed by atoms with Crippen LogP contribution in [0, 0.1) is 0 Å². The molecular formula is C11H11NO3S. The molecule has 0 aliphatic carbocycles. The molecule has 4 nitrogen and oxygen atoms in total. The molecule has 0 spiro atoms. The molecule has 0 saturated carbocycles. The van der Waals surface area contributed by atoms with Crippen LogP contribution in [0.25, 0.3) is 0 Å². The number of hydrogen-bond acceptors (Lipinski definition) is 5. The highest BCUT2D eigenvalue weighted by Crippen LogP contribution is 2.30. The van der Waals surface area contributed by atoms with Crippen LogP contribution < -0.4 is 0 Å². The first kappa shape index (κ1) is 11.2. The molecule has 1 atom stereocenters. The molecule has 1 aliphatic heterocycles. The van der Waals surface area contributed by atoms with Crippen LogP contribution in [0.3, 0.4) is 0 Å². The quantitative estimate of drug-likeness (QED) is 0.781. The number of ether oxygens (including phenoxy) is 1. The number of esters is 1. The second-order valence-electron chi connectivity index (χ2n) is 3.38. The number of methoxy groups -OCH3 is 1. The van der Waals surface area contributed by atoms with Crippen molar-refractivity contribution in [1.82, 2.24) is 0 Å². The summed E-state index contributed by atoms with van der Waals surface area (Å²) in [6.45, 7) is 0. The number of nitrogens with zero attached hydrogens (tertiary/aromatic N) is 1. The first-order chi connectivity index (χ1) is 7.65. The van der Waals surface area contributed by atoms with Gasteiger partial charge in [0.1, 0.15) is 5.04 Å². The summed E-state index contributed by atoms with van der Waals surface area (Å²) < 4.78 is 4.51. The van der Waals surface area contributed by atoms with Crippen LogP contribution in [-0.2, 0) is 9.53 Å². The van der Waals surface area contributed by atoms with Gasteiger partial charge in [0.25, 0.3) is 5.72 Å². The molecule has 0 unspecified atom stereocenters. The van der Waals surface area contributed by atoms with Gasteiger partial charge >= 0.3 is 5.97 Å². The summed E-state index contributed by atoms with van der Waals surface area (Å²) in [5.41, 5.74) is -0.836. The van der Waals surface area contributed by atoms with E-state index >= 15 is 0 Å². The van der Waals surface area contributed by atoms with E-state index in [1.165, 1.54) is 18.9 Å². The molecule has 0 saturated heterocycles. The van der Waals surface area contributed by atoms with Crippen LogP contribution in [0.5, 0.6) is 0 Å². The average Bonchev–Trinajstić information content (AvgIpc) is 2.73. The Kier molecular flexibility index (Phi) is 2.98. The lowest BCUT2D eigenvalue weighted by atomic mass is 10.2. The number of carbonyl (C=O) groups excluding carboxylic acids is 1. The van der Waals surface area contributed by atoms with Crippen LogP contribution >= 0.6 is 11.8 Å². The van der Waals surface area contributed by atoms with Gasteiger partial charge < -0.3 is 9.84 Å². The Hall–Kier alpha value is -1.33. The van der Waals surface area contributed by atoms with Gasteiger partial charge in [-0.1, -0.05) is 30.3 Å². The van der Waals surface area contributed by atoms with Gasteiger partial charge in [-0.15, -0.1) is 11.8 Å². The van der Waals surface area contributed by atoms with Crippen molar-refractivity contribution >= 4 is 22.8 Å². The molecule has 0 amide bonds. The van der Waals surface area contributed by atoms with E-state index in [1.54, 1.807) is 0 Å². The molecule has 1 aliphatic rings. The van der Waals surface area contributed by atoms with Crippen molar-refractivity contribution in [3.63, 3.8) is 0 Å². The Morgan fingerprint density at radius 2 is 2.19 bits per heavy atom. The number of carbonyl (C=O) groups is 1. The maximum atomic E-state index is 11.3. The predicted octanol–water partition coefficient (Wildman–Crippen LogP) is 1.04. The monoisotopic (exact) mass is 237 g/mol. The predicted molar refractivity (Wildman–Crippen MR) is 62.4 cm³/mol. The molecule has 16 heavy (non-hydrogen) atoms. The molecule has 1 aromatic carbocycles. The summed E-state index contributed by atoms with van der Waals surface area (Å²) in [6.07, 6.45) is 0. The van der Waals surface area contributed by atoms with E-state index in [0.717, 1.165) is 5.56 Å². The lowest BCUT2D eigenvalue weighted by molar-refractivity contribution is -0.158. The van der Waals surface area contributed by atoms with Crippen LogP contribution in [-0.4, -0.2) is 34.7 Å². The van der Waals surface area contributed by atoms with Crippen LogP contribution in [0.15, 0.2) is 35.3 Å². The maximum Gasteiger partial charge on any atom is 0.362 e. The average molecular weight is 237 g/mol. The van der Waals surface area contributed by atoms with Crippen molar-refractivity contribution in [2.24, 2.45) is 4.99 Å². The second-order valence-corrected chi connectivity index (χ2v) is 4.34. The third kappa shape index (κ3) is 1.96. The fourth-order valence-electron chi connectivity index (χ4n) is 1.40. The first-order valence-electron chi connectivity index (χ1n) is 4.74. The minimum Gasteiger partial charge on any atom is -0.465 e. The minimum absolute atomic E-state index is 0.198. The fourth-order valence-corrected chi connectivity index (χ4v) is 2.44. The van der Waals surface area contributed by atoms with Crippen LogP contribution in [0.1, 0.15) is 5.56 Å². The molecule has 0 radical (unpaired) electrons. The Bertz CT molecular complexity index is 432. The van der Waals surface area contributed by atoms with Gasteiger partial charge in [-0.05, 0) is 0 Å². The van der Waals surface area contributed by atoms with Crippen molar-refractivity contribution < 1.29 is 14.6 Å². The lowest BCUT2D eigenvalue weighted by Gasteiger charge is -2.13. The standard InChI is InChI=1S/C11H11NO3S/c1-15-10(13)11(14)7-16-9(12-11)8-5-3-2-4-6-8/h2-6,14H,7H2,1H3/t11-/m0/s1. The third-order valence-electron chi connectivity index (χ3n) is 2.23. The molecule has 1 aromatic rings. The molecule has 2 rings (SSSR count). The van der Waals surface area contributed by atoms with Crippen molar-refractivity contribution in [3.05, 3.63) is 35.9 Å². The van der Waals surface area contributed by atoms with E-state index in [9.17, 15) is 9.90 Å². The van der Waals surface area contributed by atoms with E-state index in [4.69, 9.17) is 0 Å². The molecule has 5 heteroatoms. The molecule has 0 bridgehead atoms.